The fourth-order valence-electron chi connectivity index (χ4n) is 3.14. The van der Waals surface area contributed by atoms with E-state index in [1.54, 1.807) is 6.07 Å². The zero-order valence-corrected chi connectivity index (χ0v) is 11.9. The highest BCUT2D eigenvalue weighted by Gasteiger charge is 2.16. The van der Waals surface area contributed by atoms with E-state index in [4.69, 9.17) is 0 Å². The number of allylic oxidation sites excluding steroid dienone is 2. The quantitative estimate of drug-likeness (QED) is 0.828. The predicted octanol–water partition coefficient (Wildman–Crippen LogP) is 4.19. The van der Waals surface area contributed by atoms with Crippen LogP contribution in [0.3, 0.4) is 0 Å². The lowest BCUT2D eigenvalue weighted by atomic mass is 9.94. The molecule has 2 nitrogen and oxygen atoms in total. The molecule has 1 heterocycles. The van der Waals surface area contributed by atoms with Crippen LogP contribution in [-0.2, 0) is 0 Å². The van der Waals surface area contributed by atoms with Crippen molar-refractivity contribution in [1.29, 1.82) is 0 Å². The second-order valence-corrected chi connectivity index (χ2v) is 5.89. The molecule has 1 atom stereocenters. The van der Waals surface area contributed by atoms with Crippen LogP contribution in [-0.4, -0.2) is 19.6 Å². The predicted molar refractivity (Wildman–Crippen MR) is 82.8 cm³/mol. The zero-order valence-electron chi connectivity index (χ0n) is 11.9. The van der Waals surface area contributed by atoms with Crippen LogP contribution in [0.25, 0.3) is 0 Å². The molecular formula is C17H23FN2. The van der Waals surface area contributed by atoms with Gasteiger partial charge in [0.15, 0.2) is 0 Å². The van der Waals surface area contributed by atoms with Gasteiger partial charge in [0.05, 0.1) is 5.69 Å². The molecule has 1 aliphatic carbocycles. The largest absolute Gasteiger partial charge is 0.385 e. The van der Waals surface area contributed by atoms with Gasteiger partial charge < -0.3 is 10.2 Å². The summed E-state index contributed by atoms with van der Waals surface area (Å²) in [6.07, 6.45) is 10.4. The van der Waals surface area contributed by atoms with E-state index in [1.807, 2.05) is 12.1 Å². The molecular weight excluding hydrogens is 251 g/mol. The summed E-state index contributed by atoms with van der Waals surface area (Å²) in [5.41, 5.74) is 1.66. The first-order valence-electron chi connectivity index (χ1n) is 7.76. The van der Waals surface area contributed by atoms with E-state index >= 15 is 0 Å². The molecule has 0 aromatic heterocycles. The highest BCUT2D eigenvalue weighted by atomic mass is 19.1. The van der Waals surface area contributed by atoms with E-state index in [1.165, 1.54) is 25.7 Å². The first-order valence-corrected chi connectivity index (χ1v) is 7.76. The van der Waals surface area contributed by atoms with E-state index in [9.17, 15) is 4.39 Å². The van der Waals surface area contributed by atoms with Crippen LogP contribution < -0.4 is 10.2 Å². The van der Waals surface area contributed by atoms with E-state index in [0.29, 0.717) is 5.92 Å². The second kappa shape index (κ2) is 6.29. The molecule has 0 saturated carbocycles. The second-order valence-electron chi connectivity index (χ2n) is 5.89. The topological polar surface area (TPSA) is 15.3 Å². The number of rotatable bonds is 4. The van der Waals surface area contributed by atoms with Gasteiger partial charge in [0.2, 0.25) is 0 Å². The monoisotopic (exact) mass is 274 g/mol. The lowest BCUT2D eigenvalue weighted by Gasteiger charge is -2.21. The molecule has 1 saturated heterocycles. The molecule has 1 aliphatic heterocycles. The Labute approximate surface area is 120 Å². The average molecular weight is 274 g/mol. The maximum absolute atomic E-state index is 14.2. The summed E-state index contributed by atoms with van der Waals surface area (Å²) < 4.78 is 14.2. The maximum atomic E-state index is 14.2. The molecule has 0 bridgehead atoms. The van der Waals surface area contributed by atoms with Crippen LogP contribution in [0.15, 0.2) is 30.4 Å². The van der Waals surface area contributed by atoms with Crippen LogP contribution in [0.2, 0.25) is 0 Å². The van der Waals surface area contributed by atoms with Crippen molar-refractivity contribution in [2.75, 3.05) is 29.9 Å². The fourth-order valence-corrected chi connectivity index (χ4v) is 3.14. The van der Waals surface area contributed by atoms with E-state index < -0.39 is 0 Å². The lowest BCUT2D eigenvalue weighted by molar-refractivity contribution is 0.504. The van der Waals surface area contributed by atoms with Gasteiger partial charge in [-0.1, -0.05) is 12.2 Å². The number of hydrogen-bond donors (Lipinski definition) is 1. The van der Waals surface area contributed by atoms with Gasteiger partial charge in [-0.2, -0.15) is 0 Å². The number of benzene rings is 1. The molecule has 20 heavy (non-hydrogen) atoms. The summed E-state index contributed by atoms with van der Waals surface area (Å²) in [6, 6.07) is 5.57. The van der Waals surface area contributed by atoms with Gasteiger partial charge in [0.25, 0.3) is 0 Å². The van der Waals surface area contributed by atoms with Crippen molar-refractivity contribution in [3.8, 4) is 0 Å². The lowest BCUT2D eigenvalue weighted by Crippen LogP contribution is -2.19. The molecule has 0 radical (unpaired) electrons. The van der Waals surface area contributed by atoms with Crippen LogP contribution >= 0.6 is 0 Å². The molecule has 3 rings (SSSR count). The number of halogens is 1. The third kappa shape index (κ3) is 3.14. The molecule has 2 aliphatic rings. The molecule has 108 valence electrons. The molecule has 1 unspecified atom stereocenters. The first-order chi connectivity index (χ1) is 9.83. The highest BCUT2D eigenvalue weighted by Crippen LogP contribution is 2.26. The highest BCUT2D eigenvalue weighted by molar-refractivity contribution is 5.56. The Bertz CT molecular complexity index is 478. The summed E-state index contributed by atoms with van der Waals surface area (Å²) in [4.78, 5) is 2.14. The van der Waals surface area contributed by atoms with Crippen LogP contribution in [0.4, 0.5) is 15.8 Å². The number of nitrogens with zero attached hydrogens (tertiary/aromatic N) is 1. The molecule has 1 aromatic rings. The minimum atomic E-state index is -0.0968. The van der Waals surface area contributed by atoms with E-state index in [0.717, 1.165) is 37.4 Å². The SMILES string of the molecule is Fc1cc(NCC2CC=CCC2)ccc1N1CCCC1. The van der Waals surface area contributed by atoms with Crippen molar-refractivity contribution in [3.05, 3.63) is 36.2 Å². The van der Waals surface area contributed by atoms with Crippen molar-refractivity contribution in [1.82, 2.24) is 0 Å². The van der Waals surface area contributed by atoms with Gasteiger partial charge in [-0.05, 0) is 56.2 Å². The van der Waals surface area contributed by atoms with Crippen molar-refractivity contribution < 1.29 is 4.39 Å². The van der Waals surface area contributed by atoms with Gasteiger partial charge in [-0.3, -0.25) is 0 Å². The molecule has 1 aromatic carbocycles. The van der Waals surface area contributed by atoms with Gasteiger partial charge in [0.1, 0.15) is 5.82 Å². The van der Waals surface area contributed by atoms with Crippen molar-refractivity contribution in [2.24, 2.45) is 5.92 Å². The van der Waals surface area contributed by atoms with Gasteiger partial charge in [-0.25, -0.2) is 4.39 Å². The zero-order chi connectivity index (χ0) is 13.8. The molecule has 1 fully saturated rings. The van der Waals surface area contributed by atoms with Crippen molar-refractivity contribution in [3.63, 3.8) is 0 Å². The Morgan fingerprint density at radius 1 is 1.20 bits per heavy atom. The smallest absolute Gasteiger partial charge is 0.148 e. The standard InChI is InChI=1S/C17H23FN2/c18-16-12-15(19-13-14-6-2-1-3-7-14)8-9-17(16)20-10-4-5-11-20/h1-2,8-9,12,14,19H,3-7,10-11,13H2. The Morgan fingerprint density at radius 3 is 2.75 bits per heavy atom. The first kappa shape index (κ1) is 13.5. The summed E-state index contributed by atoms with van der Waals surface area (Å²) in [7, 11) is 0. The summed E-state index contributed by atoms with van der Waals surface area (Å²) in [6.45, 7) is 2.91. The van der Waals surface area contributed by atoms with Crippen LogP contribution in [0, 0.1) is 11.7 Å². The minimum Gasteiger partial charge on any atom is -0.385 e. The minimum absolute atomic E-state index is 0.0968. The maximum Gasteiger partial charge on any atom is 0.148 e. The normalized spacial score (nSPS) is 22.2. The van der Waals surface area contributed by atoms with Gasteiger partial charge in [0, 0.05) is 25.3 Å². The van der Waals surface area contributed by atoms with Crippen LogP contribution in [0.1, 0.15) is 32.1 Å². The third-order valence-corrected chi connectivity index (χ3v) is 4.37. The van der Waals surface area contributed by atoms with Gasteiger partial charge >= 0.3 is 0 Å². The van der Waals surface area contributed by atoms with Gasteiger partial charge in [-0.15, -0.1) is 0 Å². The number of nitrogens with one attached hydrogen (secondary N) is 1. The summed E-state index contributed by atoms with van der Waals surface area (Å²) >= 11 is 0. The summed E-state index contributed by atoms with van der Waals surface area (Å²) in [5, 5.41) is 3.38. The number of hydrogen-bond acceptors (Lipinski definition) is 2. The average Bonchev–Trinajstić information content (AvgIpc) is 3.00. The van der Waals surface area contributed by atoms with E-state index in [2.05, 4.69) is 22.4 Å². The molecule has 0 spiro atoms. The fraction of sp³-hybridized carbons (Fsp3) is 0.529. The Balaban J connectivity index is 1.59. The molecule has 3 heteroatoms. The third-order valence-electron chi connectivity index (χ3n) is 4.37. The Kier molecular flexibility index (Phi) is 4.24. The Hall–Kier alpha value is -1.51. The van der Waals surface area contributed by atoms with Crippen molar-refractivity contribution >= 4 is 11.4 Å². The number of anilines is 2. The molecule has 1 N–H and O–H groups in total. The van der Waals surface area contributed by atoms with Crippen LogP contribution in [0.5, 0.6) is 0 Å². The van der Waals surface area contributed by atoms with E-state index in [-0.39, 0.29) is 5.82 Å². The molecule has 0 amide bonds. The summed E-state index contributed by atoms with van der Waals surface area (Å²) in [5.74, 6) is 0.585. The van der Waals surface area contributed by atoms with Crippen molar-refractivity contribution in [2.45, 2.75) is 32.1 Å². The Morgan fingerprint density at radius 2 is 2.05 bits per heavy atom.